The van der Waals surface area contributed by atoms with Gasteiger partial charge in [-0.05, 0) is 37.3 Å². The predicted octanol–water partition coefficient (Wildman–Crippen LogP) is 1.51. The fraction of sp³-hybridized carbons (Fsp3) is 0.647. The van der Waals surface area contributed by atoms with Crippen LogP contribution >= 0.6 is 0 Å². The maximum Gasteiger partial charge on any atom is 0.188 e. The minimum atomic E-state index is 0.261. The van der Waals surface area contributed by atoms with Crippen molar-refractivity contribution in [1.29, 1.82) is 0 Å². The molecular weight excluding hydrogens is 290 g/mol. The zero-order chi connectivity index (χ0) is 16.1. The molecule has 0 spiro atoms. The van der Waals surface area contributed by atoms with Crippen LogP contribution in [-0.4, -0.2) is 43.3 Å². The number of aliphatic imine (C=N–C) groups is 1. The Hall–Kier alpha value is -1.82. The molecule has 1 atom stereocenters. The van der Waals surface area contributed by atoms with Crippen LogP contribution in [0.2, 0.25) is 0 Å². The van der Waals surface area contributed by atoms with Crippen molar-refractivity contribution in [2.45, 2.75) is 38.8 Å². The van der Waals surface area contributed by atoms with Gasteiger partial charge in [0, 0.05) is 25.8 Å². The minimum Gasteiger partial charge on any atom is -0.375 e. The molecular formula is C17H27N5O. The summed E-state index contributed by atoms with van der Waals surface area (Å²) < 4.78 is 5.56. The van der Waals surface area contributed by atoms with E-state index in [1.165, 1.54) is 19.3 Å². The number of guanidine groups is 1. The Morgan fingerprint density at radius 1 is 1.48 bits per heavy atom. The highest BCUT2D eigenvalue weighted by atomic mass is 16.5. The number of nitrogens with zero attached hydrogens (tertiary/aromatic N) is 3. The SMILES string of the molecule is CC1CN(c2ccc(CN=C(N)NCC3CCC3)cn2)CCO1. The number of hydrogen-bond donors (Lipinski definition) is 2. The summed E-state index contributed by atoms with van der Waals surface area (Å²) in [5.41, 5.74) is 6.98. The highest BCUT2D eigenvalue weighted by Crippen LogP contribution is 2.25. The first-order valence-electron chi connectivity index (χ1n) is 8.56. The third kappa shape index (κ3) is 4.58. The van der Waals surface area contributed by atoms with Crippen LogP contribution in [0.3, 0.4) is 0 Å². The van der Waals surface area contributed by atoms with Gasteiger partial charge in [-0.25, -0.2) is 9.98 Å². The predicted molar refractivity (Wildman–Crippen MR) is 92.5 cm³/mol. The molecule has 23 heavy (non-hydrogen) atoms. The summed E-state index contributed by atoms with van der Waals surface area (Å²) in [6, 6.07) is 4.13. The summed E-state index contributed by atoms with van der Waals surface area (Å²) in [7, 11) is 0. The molecule has 126 valence electrons. The van der Waals surface area contributed by atoms with Crippen LogP contribution in [0.1, 0.15) is 31.7 Å². The summed E-state index contributed by atoms with van der Waals surface area (Å²) in [5, 5.41) is 3.21. The minimum absolute atomic E-state index is 0.261. The lowest BCUT2D eigenvalue weighted by atomic mass is 9.85. The second-order valence-electron chi connectivity index (χ2n) is 6.53. The third-order valence-corrected chi connectivity index (χ3v) is 4.60. The fourth-order valence-electron chi connectivity index (χ4n) is 2.90. The number of ether oxygens (including phenoxy) is 1. The molecule has 1 unspecified atom stereocenters. The van der Waals surface area contributed by atoms with Gasteiger partial charge in [0.15, 0.2) is 5.96 Å². The van der Waals surface area contributed by atoms with Gasteiger partial charge in [-0.1, -0.05) is 12.5 Å². The molecule has 1 saturated carbocycles. The van der Waals surface area contributed by atoms with Crippen molar-refractivity contribution in [3.63, 3.8) is 0 Å². The van der Waals surface area contributed by atoms with Crippen molar-refractivity contribution in [3.8, 4) is 0 Å². The van der Waals surface area contributed by atoms with Gasteiger partial charge in [0.1, 0.15) is 5.82 Å². The molecule has 3 rings (SSSR count). The van der Waals surface area contributed by atoms with E-state index in [0.29, 0.717) is 12.5 Å². The number of nitrogens with one attached hydrogen (secondary N) is 1. The number of hydrogen-bond acceptors (Lipinski definition) is 4. The number of pyridine rings is 1. The van der Waals surface area contributed by atoms with E-state index in [0.717, 1.165) is 43.5 Å². The van der Waals surface area contributed by atoms with Crippen LogP contribution in [0, 0.1) is 5.92 Å². The zero-order valence-corrected chi connectivity index (χ0v) is 13.9. The van der Waals surface area contributed by atoms with Crippen LogP contribution in [0.15, 0.2) is 23.3 Å². The van der Waals surface area contributed by atoms with E-state index in [2.05, 4.69) is 39.2 Å². The first kappa shape index (κ1) is 16.1. The van der Waals surface area contributed by atoms with E-state index in [-0.39, 0.29) is 6.10 Å². The number of rotatable bonds is 5. The summed E-state index contributed by atoms with van der Waals surface area (Å²) in [6.45, 7) is 6.15. The van der Waals surface area contributed by atoms with Gasteiger partial charge in [-0.2, -0.15) is 0 Å². The number of aromatic nitrogens is 1. The van der Waals surface area contributed by atoms with Gasteiger partial charge >= 0.3 is 0 Å². The van der Waals surface area contributed by atoms with Crippen molar-refractivity contribution < 1.29 is 4.74 Å². The Morgan fingerprint density at radius 3 is 3.00 bits per heavy atom. The molecule has 1 saturated heterocycles. The van der Waals surface area contributed by atoms with Gasteiger partial charge in [-0.15, -0.1) is 0 Å². The maximum absolute atomic E-state index is 5.91. The average molecular weight is 317 g/mol. The zero-order valence-electron chi connectivity index (χ0n) is 13.9. The first-order valence-corrected chi connectivity index (χ1v) is 8.56. The molecule has 0 amide bonds. The van der Waals surface area contributed by atoms with E-state index in [1.54, 1.807) is 0 Å². The van der Waals surface area contributed by atoms with E-state index < -0.39 is 0 Å². The Bertz CT molecular complexity index is 526. The second kappa shape index (κ2) is 7.64. The Kier molecular flexibility index (Phi) is 5.33. The largest absolute Gasteiger partial charge is 0.375 e. The van der Waals surface area contributed by atoms with Crippen molar-refractivity contribution in [2.75, 3.05) is 31.1 Å². The normalized spacial score (nSPS) is 22.7. The standard InChI is InChI=1S/C17H27N5O/c1-13-12-22(7-8-23-13)16-6-5-15(10-19-16)11-21-17(18)20-9-14-3-2-4-14/h5-6,10,13-14H,2-4,7-9,11-12H2,1H3,(H3,18,20,21). The van der Waals surface area contributed by atoms with Crippen molar-refractivity contribution >= 4 is 11.8 Å². The molecule has 1 aromatic heterocycles. The molecule has 1 aliphatic carbocycles. The van der Waals surface area contributed by atoms with Crippen LogP contribution in [0.4, 0.5) is 5.82 Å². The van der Waals surface area contributed by atoms with Gasteiger partial charge in [0.25, 0.3) is 0 Å². The maximum atomic E-state index is 5.91. The molecule has 1 aromatic rings. The molecule has 0 radical (unpaired) electrons. The number of morpholine rings is 1. The van der Waals surface area contributed by atoms with Gasteiger partial charge in [0.05, 0.1) is 19.3 Å². The molecule has 3 N–H and O–H groups in total. The molecule has 0 bridgehead atoms. The van der Waals surface area contributed by atoms with Crippen molar-refractivity contribution in [1.82, 2.24) is 10.3 Å². The average Bonchev–Trinajstić information content (AvgIpc) is 2.52. The van der Waals surface area contributed by atoms with E-state index in [9.17, 15) is 0 Å². The highest BCUT2D eigenvalue weighted by Gasteiger charge is 2.18. The molecule has 2 heterocycles. The van der Waals surface area contributed by atoms with Crippen LogP contribution in [0.25, 0.3) is 0 Å². The highest BCUT2D eigenvalue weighted by molar-refractivity contribution is 5.77. The quantitative estimate of drug-likeness (QED) is 0.636. The topological polar surface area (TPSA) is 75.8 Å². The lowest BCUT2D eigenvalue weighted by Crippen LogP contribution is -2.41. The van der Waals surface area contributed by atoms with E-state index >= 15 is 0 Å². The summed E-state index contributed by atoms with van der Waals surface area (Å²) in [4.78, 5) is 11.2. The smallest absolute Gasteiger partial charge is 0.188 e. The molecule has 2 aliphatic rings. The summed E-state index contributed by atoms with van der Waals surface area (Å²) in [5.74, 6) is 2.31. The van der Waals surface area contributed by atoms with Crippen molar-refractivity contribution in [2.24, 2.45) is 16.6 Å². The first-order chi connectivity index (χ1) is 11.2. The van der Waals surface area contributed by atoms with Gasteiger partial charge in [0.2, 0.25) is 0 Å². The Labute approximate surface area is 138 Å². The number of nitrogens with two attached hydrogens (primary N) is 1. The van der Waals surface area contributed by atoms with Crippen LogP contribution in [0.5, 0.6) is 0 Å². The Balaban J connectivity index is 1.48. The Morgan fingerprint density at radius 2 is 2.35 bits per heavy atom. The lowest BCUT2D eigenvalue weighted by Gasteiger charge is -2.32. The lowest BCUT2D eigenvalue weighted by molar-refractivity contribution is 0.0529. The van der Waals surface area contributed by atoms with Gasteiger partial charge < -0.3 is 20.7 Å². The number of anilines is 1. The fourth-order valence-corrected chi connectivity index (χ4v) is 2.90. The summed E-state index contributed by atoms with van der Waals surface area (Å²) >= 11 is 0. The second-order valence-corrected chi connectivity index (χ2v) is 6.53. The molecule has 1 aliphatic heterocycles. The van der Waals surface area contributed by atoms with Gasteiger partial charge in [-0.3, -0.25) is 0 Å². The third-order valence-electron chi connectivity index (χ3n) is 4.60. The molecule has 6 nitrogen and oxygen atoms in total. The van der Waals surface area contributed by atoms with Crippen LogP contribution < -0.4 is 16.0 Å². The molecule has 6 heteroatoms. The molecule has 2 fully saturated rings. The molecule has 0 aromatic carbocycles. The van der Waals surface area contributed by atoms with E-state index in [1.807, 2.05) is 6.20 Å². The summed E-state index contributed by atoms with van der Waals surface area (Å²) in [6.07, 6.45) is 6.12. The van der Waals surface area contributed by atoms with E-state index in [4.69, 9.17) is 10.5 Å². The monoisotopic (exact) mass is 317 g/mol. The van der Waals surface area contributed by atoms with Crippen molar-refractivity contribution in [3.05, 3.63) is 23.9 Å². The van der Waals surface area contributed by atoms with Crippen LogP contribution in [-0.2, 0) is 11.3 Å².